The standard InChI is InChI=1S/C22H25F7O.C2H6/c1-12-2-4-13(5-3-12)14-6-8-15(9-7-14)16-10-17(23)19(18(24)11-16)30-22(28,29)20(25)21(26)27;1-2/h10-15H,2-9H2,1H3;1-2H3. The molecule has 0 aliphatic heterocycles. The van der Waals surface area contributed by atoms with Gasteiger partial charge >= 0.3 is 12.2 Å². The van der Waals surface area contributed by atoms with E-state index in [0.717, 1.165) is 43.7 Å². The molecule has 1 aromatic carbocycles. The van der Waals surface area contributed by atoms with Gasteiger partial charge in [0.1, 0.15) is 0 Å². The highest BCUT2D eigenvalue weighted by molar-refractivity contribution is 5.34. The van der Waals surface area contributed by atoms with E-state index in [1.165, 1.54) is 25.7 Å². The maximum Gasteiger partial charge on any atom is 0.459 e. The zero-order chi connectivity index (χ0) is 24.1. The van der Waals surface area contributed by atoms with Crippen LogP contribution in [0, 0.1) is 29.4 Å². The Morgan fingerprint density at radius 3 is 1.69 bits per heavy atom. The van der Waals surface area contributed by atoms with Crippen molar-refractivity contribution >= 4 is 0 Å². The normalized spacial score (nSPS) is 26.1. The average Bonchev–Trinajstić information content (AvgIpc) is 2.77. The number of benzene rings is 1. The molecule has 2 fully saturated rings. The molecule has 0 atom stereocenters. The van der Waals surface area contributed by atoms with Gasteiger partial charge in [-0.2, -0.15) is 22.0 Å². The van der Waals surface area contributed by atoms with Crippen molar-refractivity contribution in [3.8, 4) is 5.75 Å². The van der Waals surface area contributed by atoms with E-state index in [2.05, 4.69) is 11.7 Å². The lowest BCUT2D eigenvalue weighted by atomic mass is 9.68. The minimum Gasteiger partial charge on any atom is -0.421 e. The number of ether oxygens (including phenoxy) is 1. The molecule has 2 saturated carbocycles. The van der Waals surface area contributed by atoms with E-state index in [0.29, 0.717) is 17.4 Å². The smallest absolute Gasteiger partial charge is 0.421 e. The Bertz CT molecular complexity index is 750. The molecule has 0 heterocycles. The van der Waals surface area contributed by atoms with Crippen molar-refractivity contribution in [1.82, 2.24) is 0 Å². The summed E-state index contributed by atoms with van der Waals surface area (Å²) in [5.74, 6) is -5.78. The Hall–Kier alpha value is -1.73. The molecule has 2 aliphatic rings. The van der Waals surface area contributed by atoms with Crippen molar-refractivity contribution in [2.75, 3.05) is 0 Å². The second-order valence-corrected chi connectivity index (χ2v) is 8.64. The summed E-state index contributed by atoms with van der Waals surface area (Å²) in [5.41, 5.74) is 0.309. The number of alkyl halides is 2. The number of hydrogen-bond donors (Lipinski definition) is 0. The first-order chi connectivity index (χ1) is 15.1. The van der Waals surface area contributed by atoms with Gasteiger partial charge in [0.15, 0.2) is 17.4 Å². The molecule has 0 unspecified atom stereocenters. The first-order valence-electron chi connectivity index (χ1n) is 11.4. The molecule has 8 heteroatoms. The highest BCUT2D eigenvalue weighted by Gasteiger charge is 2.44. The van der Waals surface area contributed by atoms with Gasteiger partial charge in [-0.1, -0.05) is 33.6 Å². The lowest BCUT2D eigenvalue weighted by Crippen LogP contribution is -2.27. The first kappa shape index (κ1) is 26.5. The maximum atomic E-state index is 14.2. The molecule has 0 N–H and O–H groups in total. The van der Waals surface area contributed by atoms with E-state index >= 15 is 0 Å². The molecule has 0 amide bonds. The van der Waals surface area contributed by atoms with Gasteiger partial charge in [-0.25, -0.2) is 8.78 Å². The van der Waals surface area contributed by atoms with Crippen LogP contribution in [-0.4, -0.2) is 6.11 Å². The third kappa shape index (κ3) is 6.41. The van der Waals surface area contributed by atoms with Crippen LogP contribution in [0.5, 0.6) is 5.75 Å². The van der Waals surface area contributed by atoms with Crippen molar-refractivity contribution in [2.24, 2.45) is 17.8 Å². The summed E-state index contributed by atoms with van der Waals surface area (Å²) in [6, 6.07) is 1.74. The Labute approximate surface area is 185 Å². The molecular weight excluding hydrogens is 437 g/mol. The highest BCUT2D eigenvalue weighted by atomic mass is 19.3. The van der Waals surface area contributed by atoms with E-state index < -0.39 is 35.4 Å². The van der Waals surface area contributed by atoms with Gasteiger partial charge in [-0.15, -0.1) is 0 Å². The van der Waals surface area contributed by atoms with Gasteiger partial charge in [0, 0.05) is 0 Å². The zero-order valence-corrected chi connectivity index (χ0v) is 18.7. The predicted molar refractivity (Wildman–Crippen MR) is 109 cm³/mol. The van der Waals surface area contributed by atoms with E-state index in [1.807, 2.05) is 13.8 Å². The second-order valence-electron chi connectivity index (χ2n) is 8.64. The fourth-order valence-electron chi connectivity index (χ4n) is 4.88. The zero-order valence-electron chi connectivity index (χ0n) is 18.7. The lowest BCUT2D eigenvalue weighted by Gasteiger charge is -2.37. The summed E-state index contributed by atoms with van der Waals surface area (Å²) in [7, 11) is 0. The lowest BCUT2D eigenvalue weighted by molar-refractivity contribution is -0.162. The maximum absolute atomic E-state index is 14.2. The molecule has 182 valence electrons. The van der Waals surface area contributed by atoms with Crippen molar-refractivity contribution < 1.29 is 35.5 Å². The molecule has 0 bridgehead atoms. The molecular formula is C24H31F7O. The van der Waals surface area contributed by atoms with Crippen LogP contribution in [0.4, 0.5) is 30.7 Å². The van der Waals surface area contributed by atoms with Crippen LogP contribution in [0.15, 0.2) is 24.0 Å². The third-order valence-corrected chi connectivity index (χ3v) is 6.64. The first-order valence-corrected chi connectivity index (χ1v) is 11.4. The Morgan fingerprint density at radius 2 is 1.25 bits per heavy atom. The largest absolute Gasteiger partial charge is 0.459 e. The third-order valence-electron chi connectivity index (χ3n) is 6.64. The minimum atomic E-state index is -5.17. The molecule has 0 spiro atoms. The van der Waals surface area contributed by atoms with Gasteiger partial charge in [0.2, 0.25) is 0 Å². The Balaban J connectivity index is 0.00000176. The number of halogens is 7. The van der Waals surface area contributed by atoms with Crippen molar-refractivity contribution in [2.45, 2.75) is 84.2 Å². The van der Waals surface area contributed by atoms with Crippen molar-refractivity contribution in [3.05, 3.63) is 41.2 Å². The van der Waals surface area contributed by atoms with Crippen LogP contribution in [0.2, 0.25) is 0 Å². The van der Waals surface area contributed by atoms with Crippen LogP contribution in [0.1, 0.15) is 83.6 Å². The van der Waals surface area contributed by atoms with Gasteiger partial charge in [0.05, 0.1) is 0 Å². The van der Waals surface area contributed by atoms with Gasteiger partial charge < -0.3 is 4.74 Å². The minimum absolute atomic E-state index is 0.123. The van der Waals surface area contributed by atoms with Crippen LogP contribution in [0.25, 0.3) is 0 Å². The molecule has 0 radical (unpaired) electrons. The molecule has 1 nitrogen and oxygen atoms in total. The summed E-state index contributed by atoms with van der Waals surface area (Å²) in [6.07, 6.45) is -0.255. The quantitative estimate of drug-likeness (QED) is 0.392. The second kappa shape index (κ2) is 11.4. The van der Waals surface area contributed by atoms with Crippen LogP contribution in [-0.2, 0) is 0 Å². The molecule has 0 saturated heterocycles. The predicted octanol–water partition coefficient (Wildman–Crippen LogP) is 9.14. The van der Waals surface area contributed by atoms with E-state index in [9.17, 15) is 30.7 Å². The molecule has 0 aromatic heterocycles. The van der Waals surface area contributed by atoms with Crippen molar-refractivity contribution in [3.63, 3.8) is 0 Å². The highest BCUT2D eigenvalue weighted by Crippen LogP contribution is 2.45. The van der Waals surface area contributed by atoms with Crippen LogP contribution >= 0.6 is 0 Å². The van der Waals surface area contributed by atoms with E-state index in [1.54, 1.807) is 0 Å². The van der Waals surface area contributed by atoms with E-state index in [-0.39, 0.29) is 5.92 Å². The van der Waals surface area contributed by atoms with Gasteiger partial charge in [-0.05, 0) is 79.9 Å². The summed E-state index contributed by atoms with van der Waals surface area (Å²) < 4.78 is 95.8. The summed E-state index contributed by atoms with van der Waals surface area (Å²) in [6.45, 7) is 6.26. The van der Waals surface area contributed by atoms with Crippen LogP contribution in [0.3, 0.4) is 0 Å². The fraction of sp³-hybridized carbons (Fsp3) is 0.667. The molecule has 2 aliphatic carbocycles. The Kier molecular flexibility index (Phi) is 9.46. The fourth-order valence-corrected chi connectivity index (χ4v) is 4.88. The van der Waals surface area contributed by atoms with Crippen molar-refractivity contribution in [1.29, 1.82) is 0 Å². The Morgan fingerprint density at radius 1 is 0.812 bits per heavy atom. The van der Waals surface area contributed by atoms with E-state index in [4.69, 9.17) is 0 Å². The summed E-state index contributed by atoms with van der Waals surface area (Å²) in [5, 5.41) is 0. The average molecular weight is 468 g/mol. The number of rotatable bonds is 5. The monoisotopic (exact) mass is 468 g/mol. The number of hydrogen-bond acceptors (Lipinski definition) is 1. The molecule has 3 rings (SSSR count). The van der Waals surface area contributed by atoms with Gasteiger partial charge in [0.25, 0.3) is 5.83 Å². The topological polar surface area (TPSA) is 9.23 Å². The molecule has 1 aromatic rings. The van der Waals surface area contributed by atoms with Crippen LogP contribution < -0.4 is 4.74 Å². The van der Waals surface area contributed by atoms with Gasteiger partial charge in [-0.3, -0.25) is 0 Å². The SMILES string of the molecule is CC.CC1CCC(C2CCC(c3cc(F)c(OC(F)(F)C(F)=C(F)F)c(F)c3)CC2)CC1. The summed E-state index contributed by atoms with van der Waals surface area (Å²) in [4.78, 5) is 0. The summed E-state index contributed by atoms with van der Waals surface area (Å²) >= 11 is 0. The molecule has 32 heavy (non-hydrogen) atoms.